The molecule has 1 fully saturated rings. The quantitative estimate of drug-likeness (QED) is 0.819. The van der Waals surface area contributed by atoms with Gasteiger partial charge < -0.3 is 19.3 Å². The monoisotopic (exact) mass is 292 g/mol. The molecule has 1 N–H and O–H groups in total. The van der Waals surface area contributed by atoms with Crippen LogP contribution in [0, 0.1) is 0 Å². The Hall–Kier alpha value is -1.20. The predicted octanol–water partition coefficient (Wildman–Crippen LogP) is 2.66. The van der Waals surface area contributed by atoms with E-state index in [1.54, 1.807) is 6.08 Å². The zero-order chi connectivity index (χ0) is 15.3. The van der Waals surface area contributed by atoms with Crippen LogP contribution in [0.15, 0.2) is 42.5 Å². The van der Waals surface area contributed by atoms with Gasteiger partial charge in [-0.15, -0.1) is 0 Å². The third-order valence-electron chi connectivity index (χ3n) is 3.28. The molecule has 0 unspecified atom stereocenters. The molecule has 3 atom stereocenters. The van der Waals surface area contributed by atoms with E-state index in [0.29, 0.717) is 6.61 Å². The number of aliphatic hydroxyl groups excluding tert-OH is 1. The van der Waals surface area contributed by atoms with Crippen LogP contribution in [-0.4, -0.2) is 35.8 Å². The van der Waals surface area contributed by atoms with Gasteiger partial charge >= 0.3 is 0 Å². The van der Waals surface area contributed by atoms with Gasteiger partial charge in [0.1, 0.15) is 6.10 Å². The van der Waals surface area contributed by atoms with Crippen LogP contribution < -0.4 is 0 Å². The molecule has 1 heterocycles. The first kappa shape index (κ1) is 16.2. The molecule has 0 radical (unpaired) electrons. The molecule has 0 aromatic heterocycles. The molecule has 1 saturated heterocycles. The van der Waals surface area contributed by atoms with Gasteiger partial charge in [0, 0.05) is 0 Å². The van der Waals surface area contributed by atoms with Crippen LogP contribution in [0.1, 0.15) is 26.3 Å². The summed E-state index contributed by atoms with van der Waals surface area (Å²) in [5.41, 5.74) is 1.09. The maximum Gasteiger partial charge on any atom is 0.164 e. The SMILES string of the molecule is C[C@@H]1OC(C)(C)O[C@H]1/C=C\[C@@H](O)COCc1ccccc1. The molecule has 0 aliphatic carbocycles. The average molecular weight is 292 g/mol. The molecule has 4 nitrogen and oxygen atoms in total. The van der Waals surface area contributed by atoms with Gasteiger partial charge in [0.2, 0.25) is 0 Å². The molecule has 0 saturated carbocycles. The Labute approximate surface area is 126 Å². The minimum Gasteiger partial charge on any atom is -0.387 e. The van der Waals surface area contributed by atoms with Crippen LogP contribution in [0.4, 0.5) is 0 Å². The Morgan fingerprint density at radius 2 is 2.00 bits per heavy atom. The lowest BCUT2D eigenvalue weighted by Gasteiger charge is -2.15. The second-order valence-electron chi connectivity index (χ2n) is 5.76. The molecule has 1 aliphatic rings. The Bertz CT molecular complexity index is 455. The van der Waals surface area contributed by atoms with E-state index in [4.69, 9.17) is 14.2 Å². The molecular weight excluding hydrogens is 268 g/mol. The molecule has 0 amide bonds. The summed E-state index contributed by atoms with van der Waals surface area (Å²) >= 11 is 0. The highest BCUT2D eigenvalue weighted by atomic mass is 16.7. The second-order valence-corrected chi connectivity index (χ2v) is 5.76. The Morgan fingerprint density at radius 3 is 2.62 bits per heavy atom. The largest absolute Gasteiger partial charge is 0.387 e. The first-order valence-corrected chi connectivity index (χ1v) is 7.30. The number of hydrogen-bond donors (Lipinski definition) is 1. The fourth-order valence-electron chi connectivity index (χ4n) is 2.33. The van der Waals surface area contributed by atoms with Crippen molar-refractivity contribution in [2.24, 2.45) is 0 Å². The summed E-state index contributed by atoms with van der Waals surface area (Å²) in [5, 5.41) is 9.90. The number of hydrogen-bond acceptors (Lipinski definition) is 4. The highest BCUT2D eigenvalue weighted by Gasteiger charge is 2.37. The van der Waals surface area contributed by atoms with Crippen molar-refractivity contribution in [2.75, 3.05) is 6.61 Å². The van der Waals surface area contributed by atoms with Crippen molar-refractivity contribution >= 4 is 0 Å². The normalized spacial score (nSPS) is 26.3. The summed E-state index contributed by atoms with van der Waals surface area (Å²) in [6, 6.07) is 9.89. The Kier molecular flexibility index (Phi) is 5.53. The predicted molar refractivity (Wildman–Crippen MR) is 80.7 cm³/mol. The van der Waals surface area contributed by atoms with E-state index in [0.717, 1.165) is 5.56 Å². The maximum absolute atomic E-state index is 9.90. The second kappa shape index (κ2) is 7.18. The van der Waals surface area contributed by atoms with Gasteiger partial charge in [0.05, 0.1) is 25.4 Å². The molecule has 1 aliphatic heterocycles. The van der Waals surface area contributed by atoms with E-state index >= 15 is 0 Å². The molecule has 116 valence electrons. The minimum absolute atomic E-state index is 0.0197. The van der Waals surface area contributed by atoms with Crippen molar-refractivity contribution in [3.63, 3.8) is 0 Å². The van der Waals surface area contributed by atoms with E-state index in [9.17, 15) is 5.11 Å². The highest BCUT2D eigenvalue weighted by Crippen LogP contribution is 2.28. The molecule has 21 heavy (non-hydrogen) atoms. The molecule has 4 heteroatoms. The fraction of sp³-hybridized carbons (Fsp3) is 0.529. The van der Waals surface area contributed by atoms with E-state index in [2.05, 4.69) is 0 Å². The Morgan fingerprint density at radius 1 is 1.29 bits per heavy atom. The van der Waals surface area contributed by atoms with Gasteiger partial charge in [-0.2, -0.15) is 0 Å². The zero-order valence-electron chi connectivity index (χ0n) is 12.9. The van der Waals surface area contributed by atoms with Crippen molar-refractivity contribution < 1.29 is 19.3 Å². The maximum atomic E-state index is 9.90. The van der Waals surface area contributed by atoms with Crippen molar-refractivity contribution in [3.8, 4) is 0 Å². The van der Waals surface area contributed by atoms with Crippen molar-refractivity contribution in [1.82, 2.24) is 0 Å². The zero-order valence-corrected chi connectivity index (χ0v) is 12.9. The fourth-order valence-corrected chi connectivity index (χ4v) is 2.33. The molecule has 0 spiro atoms. The van der Waals surface area contributed by atoms with Crippen molar-refractivity contribution in [3.05, 3.63) is 48.0 Å². The van der Waals surface area contributed by atoms with Gasteiger partial charge in [-0.25, -0.2) is 0 Å². The van der Waals surface area contributed by atoms with Crippen LogP contribution in [0.5, 0.6) is 0 Å². The molecule has 1 aromatic rings. The molecule has 1 aromatic carbocycles. The van der Waals surface area contributed by atoms with Crippen LogP contribution >= 0.6 is 0 Å². The lowest BCUT2D eigenvalue weighted by Crippen LogP contribution is -2.21. The van der Waals surface area contributed by atoms with Gasteiger partial charge in [-0.05, 0) is 26.3 Å². The van der Waals surface area contributed by atoms with E-state index in [1.807, 2.05) is 57.2 Å². The van der Waals surface area contributed by atoms with E-state index in [-0.39, 0.29) is 18.8 Å². The first-order valence-electron chi connectivity index (χ1n) is 7.30. The van der Waals surface area contributed by atoms with E-state index in [1.165, 1.54) is 0 Å². The molecule has 2 rings (SSSR count). The topological polar surface area (TPSA) is 47.9 Å². The van der Waals surface area contributed by atoms with Crippen molar-refractivity contribution in [2.45, 2.75) is 51.5 Å². The lowest BCUT2D eigenvalue weighted by atomic mass is 10.2. The standard InChI is InChI=1S/C17H24O4/c1-13-16(21-17(2,3)20-13)10-9-15(18)12-19-11-14-7-5-4-6-8-14/h4-10,13,15-16,18H,11-12H2,1-3H3/b10-9-/t13-,15+,16-/m0/s1. The van der Waals surface area contributed by atoms with Crippen LogP contribution in [0.25, 0.3) is 0 Å². The minimum atomic E-state index is -0.645. The highest BCUT2D eigenvalue weighted by molar-refractivity contribution is 5.13. The van der Waals surface area contributed by atoms with Crippen LogP contribution in [0.2, 0.25) is 0 Å². The summed E-state index contributed by atoms with van der Waals surface area (Å²) < 4.78 is 16.9. The summed E-state index contributed by atoms with van der Waals surface area (Å²) in [4.78, 5) is 0. The number of benzene rings is 1. The molecular formula is C17H24O4. The lowest BCUT2D eigenvalue weighted by molar-refractivity contribution is -0.141. The third-order valence-corrected chi connectivity index (χ3v) is 3.28. The summed E-state index contributed by atoms with van der Waals surface area (Å²) in [6.07, 6.45) is 2.75. The van der Waals surface area contributed by atoms with Gasteiger partial charge in [0.25, 0.3) is 0 Å². The number of rotatable bonds is 6. The van der Waals surface area contributed by atoms with Crippen LogP contribution in [-0.2, 0) is 20.8 Å². The average Bonchev–Trinajstić information content (AvgIpc) is 2.70. The van der Waals surface area contributed by atoms with Crippen molar-refractivity contribution in [1.29, 1.82) is 0 Å². The van der Waals surface area contributed by atoms with E-state index < -0.39 is 11.9 Å². The van der Waals surface area contributed by atoms with Gasteiger partial charge in [-0.1, -0.05) is 42.5 Å². The first-order chi connectivity index (χ1) is 9.96. The number of aliphatic hydroxyl groups is 1. The summed E-state index contributed by atoms with van der Waals surface area (Å²) in [7, 11) is 0. The summed E-state index contributed by atoms with van der Waals surface area (Å²) in [5.74, 6) is -0.566. The summed E-state index contributed by atoms with van der Waals surface area (Å²) in [6.45, 7) is 6.49. The molecule has 0 bridgehead atoms. The van der Waals surface area contributed by atoms with Crippen LogP contribution in [0.3, 0.4) is 0 Å². The number of ether oxygens (including phenoxy) is 3. The van der Waals surface area contributed by atoms with Gasteiger partial charge in [-0.3, -0.25) is 0 Å². The third kappa shape index (κ3) is 5.25. The van der Waals surface area contributed by atoms with Gasteiger partial charge in [0.15, 0.2) is 5.79 Å². The smallest absolute Gasteiger partial charge is 0.164 e. The Balaban J connectivity index is 1.72.